The van der Waals surface area contributed by atoms with E-state index in [2.05, 4.69) is 69.4 Å². The Hall–Kier alpha value is -2.63. The zero-order valence-corrected chi connectivity index (χ0v) is 41.1. The first-order chi connectivity index (χ1) is 30.5. The highest BCUT2D eigenvalue weighted by atomic mass is 16.6. The molecule has 0 radical (unpaired) electrons. The number of carbonyl (C=O) groups is 3. The summed E-state index contributed by atoms with van der Waals surface area (Å²) in [4.78, 5) is 38.0. The molecule has 0 rings (SSSR count). The van der Waals surface area contributed by atoms with E-state index in [1.165, 1.54) is 167 Å². The summed E-state index contributed by atoms with van der Waals surface area (Å²) in [5.74, 6) is -0.939. The SMILES string of the molecule is CCCCCC/C=C\CCCCCCCCCC(=O)O[C@H](COC(=O)CCC/C=C\C/C=C\C/C=C\CCCCCCCC)COC(=O)CCCCCCCCCCCCCC. The molecule has 0 saturated carbocycles. The van der Waals surface area contributed by atoms with Crippen molar-refractivity contribution in [1.29, 1.82) is 0 Å². The molecule has 0 aromatic carbocycles. The van der Waals surface area contributed by atoms with Crippen molar-refractivity contribution in [3.63, 3.8) is 0 Å². The van der Waals surface area contributed by atoms with Crippen LogP contribution >= 0.6 is 0 Å². The molecule has 0 aliphatic carbocycles. The molecule has 0 aromatic heterocycles. The van der Waals surface area contributed by atoms with Crippen molar-refractivity contribution in [3.8, 4) is 0 Å². The van der Waals surface area contributed by atoms with Crippen LogP contribution in [0.2, 0.25) is 0 Å². The normalized spacial score (nSPS) is 12.4. The van der Waals surface area contributed by atoms with Gasteiger partial charge >= 0.3 is 17.9 Å². The van der Waals surface area contributed by atoms with Crippen molar-refractivity contribution in [2.24, 2.45) is 0 Å². The number of rotatable bonds is 48. The van der Waals surface area contributed by atoms with Gasteiger partial charge in [0.2, 0.25) is 0 Å². The molecule has 62 heavy (non-hydrogen) atoms. The number of hydrogen-bond donors (Lipinski definition) is 0. The van der Waals surface area contributed by atoms with Gasteiger partial charge in [0.05, 0.1) is 0 Å². The van der Waals surface area contributed by atoms with Crippen LogP contribution < -0.4 is 0 Å². The molecule has 0 aliphatic heterocycles. The topological polar surface area (TPSA) is 78.9 Å². The number of allylic oxidation sites excluding steroid dienone is 8. The van der Waals surface area contributed by atoms with E-state index >= 15 is 0 Å². The fourth-order valence-electron chi connectivity index (χ4n) is 7.51. The van der Waals surface area contributed by atoms with Crippen LogP contribution in [0.25, 0.3) is 0 Å². The van der Waals surface area contributed by atoms with Crippen molar-refractivity contribution < 1.29 is 28.6 Å². The molecule has 0 heterocycles. The van der Waals surface area contributed by atoms with Crippen LogP contribution in [0.4, 0.5) is 0 Å². The number of ether oxygens (including phenoxy) is 3. The van der Waals surface area contributed by atoms with Gasteiger partial charge in [-0.25, -0.2) is 0 Å². The number of unbranched alkanes of at least 4 members (excludes halogenated alkanes) is 29. The van der Waals surface area contributed by atoms with Gasteiger partial charge in [0.25, 0.3) is 0 Å². The summed E-state index contributed by atoms with van der Waals surface area (Å²) in [7, 11) is 0. The molecule has 0 amide bonds. The molecule has 6 nitrogen and oxygen atoms in total. The molecule has 0 bridgehead atoms. The molecular formula is C56H100O6. The molecule has 6 heteroatoms. The highest BCUT2D eigenvalue weighted by molar-refractivity contribution is 5.71. The first kappa shape index (κ1) is 59.4. The fourth-order valence-corrected chi connectivity index (χ4v) is 7.51. The quantitative estimate of drug-likeness (QED) is 0.0262. The van der Waals surface area contributed by atoms with Gasteiger partial charge in [0.15, 0.2) is 6.10 Å². The molecule has 0 spiro atoms. The lowest BCUT2D eigenvalue weighted by Crippen LogP contribution is -2.30. The maximum Gasteiger partial charge on any atom is 0.306 e. The lowest BCUT2D eigenvalue weighted by molar-refractivity contribution is -0.167. The minimum absolute atomic E-state index is 0.0880. The fraction of sp³-hybridized carbons (Fsp3) is 0.804. The third-order valence-corrected chi connectivity index (χ3v) is 11.6. The lowest BCUT2D eigenvalue weighted by Gasteiger charge is -2.18. The average Bonchev–Trinajstić information content (AvgIpc) is 3.27. The van der Waals surface area contributed by atoms with E-state index in [4.69, 9.17) is 14.2 Å². The van der Waals surface area contributed by atoms with Gasteiger partial charge in [-0.2, -0.15) is 0 Å². The van der Waals surface area contributed by atoms with Gasteiger partial charge < -0.3 is 14.2 Å². The summed E-state index contributed by atoms with van der Waals surface area (Å²) >= 11 is 0. The maximum absolute atomic E-state index is 12.8. The average molecular weight is 869 g/mol. The number of esters is 3. The van der Waals surface area contributed by atoms with Gasteiger partial charge in [-0.05, 0) is 77.0 Å². The Kier molecular flexibility index (Phi) is 48.8. The van der Waals surface area contributed by atoms with Crippen molar-refractivity contribution in [1.82, 2.24) is 0 Å². The van der Waals surface area contributed by atoms with Gasteiger partial charge in [0, 0.05) is 19.3 Å². The van der Waals surface area contributed by atoms with E-state index in [1.807, 2.05) is 0 Å². The Morgan fingerprint density at radius 3 is 1.00 bits per heavy atom. The summed E-state index contributed by atoms with van der Waals surface area (Å²) in [5.41, 5.74) is 0. The monoisotopic (exact) mass is 869 g/mol. The Labute approximate surface area is 384 Å². The number of carbonyl (C=O) groups excluding carboxylic acids is 3. The highest BCUT2D eigenvalue weighted by Crippen LogP contribution is 2.15. The zero-order chi connectivity index (χ0) is 45.1. The Morgan fingerprint density at radius 2 is 0.597 bits per heavy atom. The third-order valence-electron chi connectivity index (χ3n) is 11.6. The molecular weight excluding hydrogens is 769 g/mol. The first-order valence-corrected chi connectivity index (χ1v) is 26.6. The minimum atomic E-state index is -0.792. The molecule has 360 valence electrons. The van der Waals surface area contributed by atoms with Crippen LogP contribution in [0, 0.1) is 0 Å². The van der Waals surface area contributed by atoms with Gasteiger partial charge in [-0.15, -0.1) is 0 Å². The largest absolute Gasteiger partial charge is 0.462 e. The van der Waals surface area contributed by atoms with Crippen LogP contribution in [-0.2, 0) is 28.6 Å². The molecule has 0 unspecified atom stereocenters. The molecule has 0 N–H and O–H groups in total. The summed E-state index contributed by atoms with van der Waals surface area (Å²) in [6, 6.07) is 0. The van der Waals surface area contributed by atoms with Crippen molar-refractivity contribution in [3.05, 3.63) is 48.6 Å². The Balaban J connectivity index is 4.43. The van der Waals surface area contributed by atoms with E-state index in [0.717, 1.165) is 57.8 Å². The predicted molar refractivity (Wildman–Crippen MR) is 265 cm³/mol. The van der Waals surface area contributed by atoms with Crippen molar-refractivity contribution in [2.45, 2.75) is 277 Å². The maximum atomic E-state index is 12.8. The van der Waals surface area contributed by atoms with E-state index in [9.17, 15) is 14.4 Å². The molecule has 0 saturated heterocycles. The zero-order valence-electron chi connectivity index (χ0n) is 41.1. The van der Waals surface area contributed by atoms with Crippen molar-refractivity contribution in [2.75, 3.05) is 13.2 Å². The Morgan fingerprint density at radius 1 is 0.323 bits per heavy atom. The second-order valence-corrected chi connectivity index (χ2v) is 17.8. The standard InChI is InChI=1S/C56H100O6/c1-4-7-10-13-16-19-22-25-27-28-30-31-34-37-40-43-46-49-55(58)61-52-53(51-60-54(57)48-45-42-39-36-33-24-21-18-15-12-9-6-3)62-56(59)50-47-44-41-38-35-32-29-26-23-20-17-14-11-8-5-2/h20,23,25,27,30-31,37,40,53H,4-19,21-22,24,26,28-29,32-36,38-39,41-52H2,1-3H3/b23-20-,27-25-,31-30-,40-37-/t53-/m0/s1. The second kappa shape index (κ2) is 51.0. The smallest absolute Gasteiger partial charge is 0.306 e. The van der Waals surface area contributed by atoms with Crippen LogP contribution in [0.5, 0.6) is 0 Å². The van der Waals surface area contributed by atoms with Crippen LogP contribution in [0.15, 0.2) is 48.6 Å². The van der Waals surface area contributed by atoms with Crippen molar-refractivity contribution >= 4 is 17.9 Å². The summed E-state index contributed by atoms with van der Waals surface area (Å²) in [5, 5.41) is 0. The first-order valence-electron chi connectivity index (χ1n) is 26.6. The van der Waals surface area contributed by atoms with Gasteiger partial charge in [-0.3, -0.25) is 14.4 Å². The predicted octanol–water partition coefficient (Wildman–Crippen LogP) is 17.5. The minimum Gasteiger partial charge on any atom is -0.462 e. The Bertz CT molecular complexity index is 1090. The third kappa shape index (κ3) is 48.4. The summed E-state index contributed by atoms with van der Waals surface area (Å²) < 4.78 is 16.8. The van der Waals surface area contributed by atoms with E-state index in [0.29, 0.717) is 25.7 Å². The molecule has 0 aliphatic rings. The van der Waals surface area contributed by atoms with Crippen LogP contribution in [-0.4, -0.2) is 37.2 Å². The second-order valence-electron chi connectivity index (χ2n) is 17.8. The van der Waals surface area contributed by atoms with Gasteiger partial charge in [-0.1, -0.05) is 223 Å². The lowest BCUT2D eigenvalue weighted by atomic mass is 10.0. The van der Waals surface area contributed by atoms with Crippen LogP contribution in [0.3, 0.4) is 0 Å². The molecule has 0 fully saturated rings. The summed E-state index contributed by atoms with van der Waals surface area (Å²) in [6.07, 6.45) is 61.0. The van der Waals surface area contributed by atoms with Crippen LogP contribution in [0.1, 0.15) is 271 Å². The van der Waals surface area contributed by atoms with E-state index < -0.39 is 6.10 Å². The van der Waals surface area contributed by atoms with Gasteiger partial charge in [0.1, 0.15) is 13.2 Å². The molecule has 1 atom stereocenters. The number of hydrogen-bond acceptors (Lipinski definition) is 6. The summed E-state index contributed by atoms with van der Waals surface area (Å²) in [6.45, 7) is 6.58. The molecule has 0 aromatic rings. The highest BCUT2D eigenvalue weighted by Gasteiger charge is 2.19. The van der Waals surface area contributed by atoms with E-state index in [-0.39, 0.29) is 31.1 Å². The van der Waals surface area contributed by atoms with E-state index in [1.54, 1.807) is 0 Å².